The third-order valence-corrected chi connectivity index (χ3v) is 9.83. The summed E-state index contributed by atoms with van der Waals surface area (Å²) in [5, 5.41) is 4.16. The molecule has 1 amide bonds. The molecular weight excluding hydrogens is 506 g/mol. The lowest BCUT2D eigenvalue weighted by atomic mass is 9.97. The zero-order valence-corrected chi connectivity index (χ0v) is 22.2. The Kier molecular flexibility index (Phi) is 7.21. The van der Waals surface area contributed by atoms with Crippen LogP contribution in [0.25, 0.3) is 11.0 Å². The van der Waals surface area contributed by atoms with Crippen molar-refractivity contribution in [3.05, 3.63) is 46.8 Å². The lowest BCUT2D eigenvalue weighted by Crippen LogP contribution is -2.40. The van der Waals surface area contributed by atoms with Crippen molar-refractivity contribution in [3.8, 4) is 5.88 Å². The molecule has 12 heteroatoms. The standard InChI is InChI=1S/C25H29F3N5O3P/c1-14-18(7-6-8-20(14)25(26,27)28)15(2)29-22-19-13-21(24(36-5)32-23(19)31-16(3)30-22)37(35)11-9-33(10-12-37)17(4)34/h6-8,13,15H,9-12H2,1-5H3,(H,29,30,31,32)/t15-/m1/s1. The maximum atomic E-state index is 14.0. The number of carbonyl (C=O) groups excluding carboxylic acids is 1. The Labute approximate surface area is 213 Å². The molecule has 37 heavy (non-hydrogen) atoms. The maximum absolute atomic E-state index is 14.0. The number of nitrogens with one attached hydrogen (secondary N) is 1. The van der Waals surface area contributed by atoms with E-state index in [1.165, 1.54) is 27.0 Å². The predicted molar refractivity (Wildman–Crippen MR) is 136 cm³/mol. The summed E-state index contributed by atoms with van der Waals surface area (Å²) < 4.78 is 59.9. The molecular formula is C25H29F3N5O3P. The monoisotopic (exact) mass is 535 g/mol. The molecule has 1 fully saturated rings. The van der Waals surface area contributed by atoms with E-state index in [2.05, 4.69) is 20.3 Å². The summed E-state index contributed by atoms with van der Waals surface area (Å²) in [6.45, 7) is 7.11. The lowest BCUT2D eigenvalue weighted by Gasteiger charge is -2.32. The van der Waals surface area contributed by atoms with Gasteiger partial charge in [0.2, 0.25) is 11.8 Å². The molecule has 1 aliphatic heterocycles. The average molecular weight is 536 g/mol. The van der Waals surface area contributed by atoms with E-state index in [9.17, 15) is 22.5 Å². The quantitative estimate of drug-likeness (QED) is 0.474. The highest BCUT2D eigenvalue weighted by atomic mass is 31.2. The molecule has 1 saturated heterocycles. The van der Waals surface area contributed by atoms with Gasteiger partial charge < -0.3 is 19.5 Å². The lowest BCUT2D eigenvalue weighted by molar-refractivity contribution is -0.138. The van der Waals surface area contributed by atoms with E-state index in [0.29, 0.717) is 59.0 Å². The minimum absolute atomic E-state index is 0.0657. The summed E-state index contributed by atoms with van der Waals surface area (Å²) in [5.41, 5.74) is 0.237. The Hall–Kier alpha value is -3.20. The molecule has 1 aromatic carbocycles. The first-order valence-electron chi connectivity index (χ1n) is 11.8. The topological polar surface area (TPSA) is 97.3 Å². The number of fused-ring (bicyclic) bond motifs is 1. The molecule has 198 valence electrons. The van der Waals surface area contributed by atoms with Gasteiger partial charge in [0.05, 0.1) is 29.4 Å². The summed E-state index contributed by atoms with van der Waals surface area (Å²) in [5.74, 6) is 0.922. The normalized spacial score (nSPS) is 16.5. The van der Waals surface area contributed by atoms with Crippen LogP contribution in [-0.2, 0) is 15.5 Å². The van der Waals surface area contributed by atoms with Gasteiger partial charge in [-0.25, -0.2) is 9.97 Å². The van der Waals surface area contributed by atoms with Crippen LogP contribution in [0, 0.1) is 13.8 Å². The van der Waals surface area contributed by atoms with Crippen molar-refractivity contribution in [2.45, 2.75) is 39.9 Å². The van der Waals surface area contributed by atoms with Crippen molar-refractivity contribution in [2.24, 2.45) is 0 Å². The molecule has 8 nitrogen and oxygen atoms in total. The van der Waals surface area contributed by atoms with Crippen LogP contribution in [-0.4, -0.2) is 58.3 Å². The van der Waals surface area contributed by atoms with Crippen LogP contribution in [0.4, 0.5) is 19.0 Å². The van der Waals surface area contributed by atoms with Crippen molar-refractivity contribution < 1.29 is 27.3 Å². The third-order valence-electron chi connectivity index (χ3n) is 6.79. The van der Waals surface area contributed by atoms with E-state index in [1.807, 2.05) is 0 Å². The Balaban J connectivity index is 1.77. The molecule has 0 spiro atoms. The smallest absolute Gasteiger partial charge is 0.416 e. The SMILES string of the molecule is COc1nc2nc(C)nc(N[C@H](C)c3cccc(C(F)(F)F)c3C)c2cc1P1(=O)CCN(C(C)=O)CC1. The van der Waals surface area contributed by atoms with Gasteiger partial charge in [-0.15, -0.1) is 0 Å². The van der Waals surface area contributed by atoms with E-state index in [0.717, 1.165) is 6.07 Å². The summed E-state index contributed by atoms with van der Waals surface area (Å²) in [7, 11) is -1.50. The zero-order valence-electron chi connectivity index (χ0n) is 21.3. The highest BCUT2D eigenvalue weighted by Crippen LogP contribution is 2.49. The highest BCUT2D eigenvalue weighted by molar-refractivity contribution is 7.71. The predicted octanol–water partition coefficient (Wildman–Crippen LogP) is 4.69. The van der Waals surface area contributed by atoms with Crippen molar-refractivity contribution in [3.63, 3.8) is 0 Å². The Morgan fingerprint density at radius 2 is 1.84 bits per heavy atom. The summed E-state index contributed by atoms with van der Waals surface area (Å²) in [6, 6.07) is 5.27. The second kappa shape index (κ2) is 9.93. The fourth-order valence-corrected chi connectivity index (χ4v) is 7.43. The molecule has 0 bridgehead atoms. The molecule has 0 saturated carbocycles. The van der Waals surface area contributed by atoms with Crippen molar-refractivity contribution in [1.29, 1.82) is 0 Å². The number of ether oxygens (including phenoxy) is 1. The number of hydrogen-bond donors (Lipinski definition) is 1. The van der Waals surface area contributed by atoms with Crippen LogP contribution in [0.5, 0.6) is 5.88 Å². The number of alkyl halides is 3. The van der Waals surface area contributed by atoms with Gasteiger partial charge in [-0.05, 0) is 44.0 Å². The molecule has 4 rings (SSSR count). The Bertz CT molecular complexity index is 1400. The van der Waals surface area contributed by atoms with E-state index in [1.54, 1.807) is 30.9 Å². The highest BCUT2D eigenvalue weighted by Gasteiger charge is 2.36. The molecule has 1 N–H and O–H groups in total. The van der Waals surface area contributed by atoms with Gasteiger partial charge in [-0.1, -0.05) is 12.1 Å². The first-order chi connectivity index (χ1) is 17.3. The summed E-state index contributed by atoms with van der Waals surface area (Å²) in [4.78, 5) is 26.8. The number of aromatic nitrogens is 3. The van der Waals surface area contributed by atoms with Crippen LogP contribution in [0.15, 0.2) is 24.3 Å². The van der Waals surface area contributed by atoms with E-state index < -0.39 is 24.9 Å². The Morgan fingerprint density at radius 1 is 1.16 bits per heavy atom. The fourth-order valence-electron chi connectivity index (χ4n) is 4.75. The molecule has 1 atom stereocenters. The zero-order chi connectivity index (χ0) is 27.1. The van der Waals surface area contributed by atoms with E-state index in [4.69, 9.17) is 4.74 Å². The molecule has 3 heterocycles. The van der Waals surface area contributed by atoms with Crippen LogP contribution in [0.1, 0.15) is 42.4 Å². The number of hydrogen-bond acceptors (Lipinski definition) is 7. The molecule has 2 aromatic heterocycles. The van der Waals surface area contributed by atoms with Crippen LogP contribution < -0.4 is 15.4 Å². The van der Waals surface area contributed by atoms with Gasteiger partial charge in [-0.2, -0.15) is 18.2 Å². The van der Waals surface area contributed by atoms with E-state index in [-0.39, 0.29) is 17.4 Å². The fraction of sp³-hybridized carbons (Fsp3) is 0.440. The first-order valence-corrected chi connectivity index (χ1v) is 13.9. The Morgan fingerprint density at radius 3 is 2.43 bits per heavy atom. The first kappa shape index (κ1) is 26.9. The average Bonchev–Trinajstić information content (AvgIpc) is 2.82. The van der Waals surface area contributed by atoms with Crippen LogP contribution in [0.2, 0.25) is 0 Å². The second-order valence-electron chi connectivity index (χ2n) is 9.23. The van der Waals surface area contributed by atoms with Gasteiger partial charge in [0, 0.05) is 32.3 Å². The van der Waals surface area contributed by atoms with Crippen molar-refractivity contribution in [2.75, 3.05) is 37.8 Å². The van der Waals surface area contributed by atoms with Crippen molar-refractivity contribution in [1.82, 2.24) is 19.9 Å². The number of amides is 1. The molecule has 0 aliphatic carbocycles. The van der Waals surface area contributed by atoms with Crippen molar-refractivity contribution >= 4 is 35.2 Å². The molecule has 0 unspecified atom stereocenters. The molecule has 1 aliphatic rings. The number of methoxy groups -OCH3 is 1. The number of nitrogens with zero attached hydrogens (tertiary/aromatic N) is 4. The van der Waals surface area contributed by atoms with Gasteiger partial charge in [0.15, 0.2) is 5.65 Å². The number of halogens is 3. The largest absolute Gasteiger partial charge is 0.480 e. The van der Waals surface area contributed by atoms with Gasteiger partial charge in [0.25, 0.3) is 0 Å². The number of anilines is 1. The summed E-state index contributed by atoms with van der Waals surface area (Å²) >= 11 is 0. The second-order valence-corrected chi connectivity index (χ2v) is 12.4. The number of benzene rings is 1. The number of carbonyl (C=O) groups is 1. The van der Waals surface area contributed by atoms with Crippen LogP contribution in [0.3, 0.4) is 0 Å². The van der Waals surface area contributed by atoms with E-state index >= 15 is 0 Å². The maximum Gasteiger partial charge on any atom is 0.416 e. The number of aryl methyl sites for hydroxylation is 1. The third kappa shape index (κ3) is 5.28. The number of pyridine rings is 1. The molecule has 3 aromatic rings. The van der Waals surface area contributed by atoms with Gasteiger partial charge in [-0.3, -0.25) is 4.79 Å². The van der Waals surface area contributed by atoms with Crippen LogP contribution >= 0.6 is 7.14 Å². The van der Waals surface area contributed by atoms with Gasteiger partial charge >= 0.3 is 6.18 Å². The minimum Gasteiger partial charge on any atom is -0.480 e. The molecule has 0 radical (unpaired) electrons. The minimum atomic E-state index is -4.46. The number of rotatable bonds is 5. The summed E-state index contributed by atoms with van der Waals surface area (Å²) in [6.07, 6.45) is -3.87. The van der Waals surface area contributed by atoms with Gasteiger partial charge in [0.1, 0.15) is 18.8 Å².